The van der Waals surface area contributed by atoms with Crippen molar-refractivity contribution in [2.45, 2.75) is 58.3 Å². The first-order valence-electron chi connectivity index (χ1n) is 10.2. The first-order valence-corrected chi connectivity index (χ1v) is 10.2. The standard InChI is InChI=1S/C22H32N2O2/c1-18-7-5-6-10-20(18)17-22(26)24-15-13-23(14-16-24)21(25)12-11-19-8-3-2-4-9-19/h5-7,10,19H,2-4,8-9,11-17H2,1H3. The SMILES string of the molecule is Cc1ccccc1CC(=O)N1CCN(C(=O)CCC2CCCCC2)CC1. The molecule has 1 aromatic carbocycles. The van der Waals surface area contributed by atoms with E-state index in [1.165, 1.54) is 32.1 Å². The van der Waals surface area contributed by atoms with Crippen LogP contribution in [0.25, 0.3) is 0 Å². The van der Waals surface area contributed by atoms with E-state index in [1.807, 2.05) is 41.0 Å². The number of amides is 2. The van der Waals surface area contributed by atoms with E-state index in [9.17, 15) is 9.59 Å². The maximum absolute atomic E-state index is 12.6. The van der Waals surface area contributed by atoms with Gasteiger partial charge in [0.1, 0.15) is 0 Å². The van der Waals surface area contributed by atoms with Gasteiger partial charge in [-0.1, -0.05) is 56.4 Å². The third-order valence-corrected chi connectivity index (χ3v) is 6.08. The molecule has 1 saturated heterocycles. The van der Waals surface area contributed by atoms with Crippen molar-refractivity contribution in [2.75, 3.05) is 26.2 Å². The number of carbonyl (C=O) groups excluding carboxylic acids is 2. The molecule has 2 aliphatic rings. The van der Waals surface area contributed by atoms with E-state index in [2.05, 4.69) is 0 Å². The maximum Gasteiger partial charge on any atom is 0.227 e. The minimum Gasteiger partial charge on any atom is -0.339 e. The average molecular weight is 357 g/mol. The summed E-state index contributed by atoms with van der Waals surface area (Å²) in [6, 6.07) is 8.06. The van der Waals surface area contributed by atoms with Crippen LogP contribution in [0.15, 0.2) is 24.3 Å². The van der Waals surface area contributed by atoms with Crippen LogP contribution in [-0.4, -0.2) is 47.8 Å². The molecular weight excluding hydrogens is 324 g/mol. The number of nitrogens with zero attached hydrogens (tertiary/aromatic N) is 2. The predicted molar refractivity (Wildman–Crippen MR) is 104 cm³/mol. The highest BCUT2D eigenvalue weighted by Gasteiger charge is 2.25. The summed E-state index contributed by atoms with van der Waals surface area (Å²) in [6.45, 7) is 4.75. The Kier molecular flexibility index (Phi) is 6.70. The largest absolute Gasteiger partial charge is 0.339 e. The summed E-state index contributed by atoms with van der Waals surface area (Å²) in [4.78, 5) is 28.9. The summed E-state index contributed by atoms with van der Waals surface area (Å²) >= 11 is 0. The van der Waals surface area contributed by atoms with Gasteiger partial charge in [-0.15, -0.1) is 0 Å². The molecule has 0 N–H and O–H groups in total. The fraction of sp³-hybridized carbons (Fsp3) is 0.636. The molecule has 2 amide bonds. The van der Waals surface area contributed by atoms with Crippen molar-refractivity contribution < 1.29 is 9.59 Å². The molecule has 0 atom stereocenters. The number of carbonyl (C=O) groups is 2. The lowest BCUT2D eigenvalue weighted by Crippen LogP contribution is -2.51. The average Bonchev–Trinajstić information content (AvgIpc) is 2.69. The highest BCUT2D eigenvalue weighted by atomic mass is 16.2. The Morgan fingerprint density at radius 3 is 2.19 bits per heavy atom. The van der Waals surface area contributed by atoms with Gasteiger partial charge in [0, 0.05) is 32.6 Å². The Labute approximate surface area is 157 Å². The van der Waals surface area contributed by atoms with E-state index in [-0.39, 0.29) is 11.8 Å². The zero-order valence-electron chi connectivity index (χ0n) is 16.1. The first-order chi connectivity index (χ1) is 12.6. The van der Waals surface area contributed by atoms with Crippen molar-refractivity contribution >= 4 is 11.8 Å². The van der Waals surface area contributed by atoms with Crippen LogP contribution in [0.2, 0.25) is 0 Å². The summed E-state index contributed by atoms with van der Waals surface area (Å²) in [6.07, 6.45) is 8.82. The molecule has 1 heterocycles. The normalized spacial score (nSPS) is 18.8. The van der Waals surface area contributed by atoms with Gasteiger partial charge >= 0.3 is 0 Å². The van der Waals surface area contributed by atoms with Gasteiger partial charge in [-0.3, -0.25) is 9.59 Å². The molecule has 1 aromatic rings. The minimum absolute atomic E-state index is 0.175. The Morgan fingerprint density at radius 2 is 1.54 bits per heavy atom. The number of aryl methyl sites for hydroxylation is 1. The van der Waals surface area contributed by atoms with Crippen LogP contribution in [0.4, 0.5) is 0 Å². The molecule has 0 bridgehead atoms. The van der Waals surface area contributed by atoms with Crippen molar-refractivity contribution in [1.29, 1.82) is 0 Å². The van der Waals surface area contributed by atoms with Crippen LogP contribution in [0, 0.1) is 12.8 Å². The van der Waals surface area contributed by atoms with Crippen LogP contribution in [0.3, 0.4) is 0 Å². The molecule has 2 fully saturated rings. The molecule has 0 spiro atoms. The third kappa shape index (κ3) is 5.09. The van der Waals surface area contributed by atoms with Crippen molar-refractivity contribution in [3.8, 4) is 0 Å². The summed E-state index contributed by atoms with van der Waals surface area (Å²) < 4.78 is 0. The van der Waals surface area contributed by atoms with Crippen molar-refractivity contribution in [2.24, 2.45) is 5.92 Å². The topological polar surface area (TPSA) is 40.6 Å². The van der Waals surface area contributed by atoms with Gasteiger partial charge in [0.15, 0.2) is 0 Å². The van der Waals surface area contributed by atoms with E-state index in [1.54, 1.807) is 0 Å². The number of piperazine rings is 1. The Morgan fingerprint density at radius 1 is 0.923 bits per heavy atom. The van der Waals surface area contributed by atoms with Crippen LogP contribution >= 0.6 is 0 Å². The van der Waals surface area contributed by atoms with E-state index < -0.39 is 0 Å². The van der Waals surface area contributed by atoms with Gasteiger partial charge in [0.25, 0.3) is 0 Å². The Hall–Kier alpha value is -1.84. The second-order valence-corrected chi connectivity index (χ2v) is 7.91. The molecule has 4 nitrogen and oxygen atoms in total. The molecule has 3 rings (SSSR count). The second-order valence-electron chi connectivity index (χ2n) is 7.91. The molecule has 0 aromatic heterocycles. The number of benzene rings is 1. The highest BCUT2D eigenvalue weighted by molar-refractivity contribution is 5.80. The van der Waals surface area contributed by atoms with E-state index >= 15 is 0 Å². The molecule has 26 heavy (non-hydrogen) atoms. The van der Waals surface area contributed by atoms with Crippen LogP contribution in [0.5, 0.6) is 0 Å². The number of hydrogen-bond acceptors (Lipinski definition) is 2. The lowest BCUT2D eigenvalue weighted by atomic mass is 9.86. The molecule has 0 radical (unpaired) electrons. The first kappa shape index (κ1) is 18.9. The molecule has 4 heteroatoms. The van der Waals surface area contributed by atoms with Gasteiger partial charge in [0.2, 0.25) is 11.8 Å². The second kappa shape index (κ2) is 9.20. The molecular formula is C22H32N2O2. The van der Waals surface area contributed by atoms with Gasteiger partial charge in [-0.2, -0.15) is 0 Å². The van der Waals surface area contributed by atoms with Crippen LogP contribution in [0.1, 0.15) is 56.1 Å². The van der Waals surface area contributed by atoms with E-state index in [4.69, 9.17) is 0 Å². The van der Waals surface area contributed by atoms with Crippen molar-refractivity contribution in [3.63, 3.8) is 0 Å². The minimum atomic E-state index is 0.175. The third-order valence-electron chi connectivity index (χ3n) is 6.08. The Balaban J connectivity index is 1.41. The number of rotatable bonds is 5. The predicted octanol–water partition coefficient (Wildman–Crippen LogP) is 3.57. The molecule has 1 saturated carbocycles. The molecule has 0 unspecified atom stereocenters. The summed E-state index contributed by atoms with van der Waals surface area (Å²) in [5.41, 5.74) is 2.26. The monoisotopic (exact) mass is 356 g/mol. The van der Waals surface area contributed by atoms with Crippen molar-refractivity contribution in [1.82, 2.24) is 9.80 Å². The fourth-order valence-corrected chi connectivity index (χ4v) is 4.25. The highest BCUT2D eigenvalue weighted by Crippen LogP contribution is 2.27. The Bertz CT molecular complexity index is 614. The summed E-state index contributed by atoms with van der Waals surface area (Å²) in [7, 11) is 0. The van der Waals surface area contributed by atoms with Crippen molar-refractivity contribution in [3.05, 3.63) is 35.4 Å². The summed E-state index contributed by atoms with van der Waals surface area (Å²) in [5.74, 6) is 1.21. The maximum atomic E-state index is 12.6. The van der Waals surface area contributed by atoms with E-state index in [0.717, 1.165) is 23.5 Å². The fourth-order valence-electron chi connectivity index (χ4n) is 4.25. The molecule has 142 valence electrons. The summed E-state index contributed by atoms with van der Waals surface area (Å²) in [5, 5.41) is 0. The number of hydrogen-bond donors (Lipinski definition) is 0. The van der Waals surface area contributed by atoms with Crippen LogP contribution < -0.4 is 0 Å². The quantitative estimate of drug-likeness (QED) is 0.809. The molecule has 1 aliphatic heterocycles. The van der Waals surface area contributed by atoms with E-state index in [0.29, 0.717) is 39.0 Å². The lowest BCUT2D eigenvalue weighted by molar-refractivity contribution is -0.139. The van der Waals surface area contributed by atoms with Gasteiger partial charge in [-0.25, -0.2) is 0 Å². The zero-order chi connectivity index (χ0) is 18.4. The van der Waals surface area contributed by atoms with Gasteiger partial charge < -0.3 is 9.80 Å². The van der Waals surface area contributed by atoms with Gasteiger partial charge in [0.05, 0.1) is 6.42 Å². The molecule has 1 aliphatic carbocycles. The van der Waals surface area contributed by atoms with Gasteiger partial charge in [-0.05, 0) is 30.4 Å². The zero-order valence-corrected chi connectivity index (χ0v) is 16.1. The lowest BCUT2D eigenvalue weighted by Gasteiger charge is -2.35. The smallest absolute Gasteiger partial charge is 0.227 e. The van der Waals surface area contributed by atoms with Crippen LogP contribution in [-0.2, 0) is 16.0 Å².